The van der Waals surface area contributed by atoms with E-state index >= 15 is 0 Å². The Kier molecular flexibility index (Phi) is 3.45. The molecule has 0 spiro atoms. The predicted octanol–water partition coefficient (Wildman–Crippen LogP) is 2.72. The van der Waals surface area contributed by atoms with Gasteiger partial charge in [-0.05, 0) is 26.0 Å². The summed E-state index contributed by atoms with van der Waals surface area (Å²) < 4.78 is 31.9. The summed E-state index contributed by atoms with van der Waals surface area (Å²) >= 11 is 1.22. The van der Waals surface area contributed by atoms with Gasteiger partial charge < -0.3 is 4.52 Å². The third-order valence-electron chi connectivity index (χ3n) is 2.55. The molecule has 1 N–H and O–H groups in total. The summed E-state index contributed by atoms with van der Waals surface area (Å²) in [5.74, 6) is 0.952. The number of hydrogen-bond acceptors (Lipinski definition) is 5. The van der Waals surface area contributed by atoms with Crippen LogP contribution in [-0.2, 0) is 16.4 Å². The van der Waals surface area contributed by atoms with Crippen molar-refractivity contribution in [2.75, 3.05) is 4.72 Å². The summed E-state index contributed by atoms with van der Waals surface area (Å²) in [6, 6.07) is 3.35. The van der Waals surface area contributed by atoms with E-state index in [2.05, 4.69) is 9.88 Å². The molecule has 0 aliphatic carbocycles. The molecule has 0 aliphatic heterocycles. The zero-order valence-electron chi connectivity index (χ0n) is 10.4. The van der Waals surface area contributed by atoms with Gasteiger partial charge in [0.05, 0.1) is 0 Å². The quantitative estimate of drug-likeness (QED) is 0.938. The highest BCUT2D eigenvalue weighted by Gasteiger charge is 2.20. The van der Waals surface area contributed by atoms with Crippen molar-refractivity contribution in [3.8, 4) is 0 Å². The molecule has 0 fully saturated rings. The van der Waals surface area contributed by atoms with Gasteiger partial charge in [-0.3, -0.25) is 4.72 Å². The molecule has 2 rings (SSSR count). The number of nitrogens with one attached hydrogen (secondary N) is 1. The molecule has 0 bridgehead atoms. The first kappa shape index (κ1) is 13.1. The maximum Gasteiger partial charge on any atom is 0.272 e. The van der Waals surface area contributed by atoms with Gasteiger partial charge >= 0.3 is 0 Å². The second kappa shape index (κ2) is 4.74. The lowest BCUT2D eigenvalue weighted by molar-refractivity contribution is 0.388. The average molecular weight is 286 g/mol. The van der Waals surface area contributed by atoms with Crippen LogP contribution in [0.2, 0.25) is 0 Å². The highest BCUT2D eigenvalue weighted by Crippen LogP contribution is 2.25. The van der Waals surface area contributed by atoms with Crippen LogP contribution in [0.15, 0.2) is 20.9 Å². The fourth-order valence-electron chi connectivity index (χ4n) is 1.53. The Bertz CT molecular complexity index is 656. The molecule has 2 heterocycles. The van der Waals surface area contributed by atoms with Crippen molar-refractivity contribution in [3.63, 3.8) is 0 Å². The van der Waals surface area contributed by atoms with Crippen molar-refractivity contribution in [1.29, 1.82) is 0 Å². The zero-order chi connectivity index (χ0) is 13.3. The lowest BCUT2D eigenvalue weighted by atomic mass is 10.2. The lowest BCUT2D eigenvalue weighted by Gasteiger charge is -2.02. The first-order valence-electron chi connectivity index (χ1n) is 5.48. The zero-order valence-corrected chi connectivity index (χ0v) is 12.0. The van der Waals surface area contributed by atoms with Crippen molar-refractivity contribution < 1.29 is 12.9 Å². The fourth-order valence-corrected chi connectivity index (χ4v) is 3.87. The predicted molar refractivity (Wildman–Crippen MR) is 70.5 cm³/mol. The number of thiophene rings is 1. The number of aromatic nitrogens is 1. The highest BCUT2D eigenvalue weighted by atomic mass is 32.2. The van der Waals surface area contributed by atoms with E-state index in [-0.39, 0.29) is 10.0 Å². The molecule has 98 valence electrons. The molecule has 0 aromatic carbocycles. The molecule has 2 aromatic rings. The fraction of sp³-hybridized carbons (Fsp3) is 0.364. The monoisotopic (exact) mass is 286 g/mol. The summed E-state index contributed by atoms with van der Waals surface area (Å²) in [5, 5.41) is 3.74. The van der Waals surface area contributed by atoms with Gasteiger partial charge in [-0.15, -0.1) is 11.3 Å². The van der Waals surface area contributed by atoms with Crippen molar-refractivity contribution in [2.45, 2.75) is 31.4 Å². The first-order chi connectivity index (χ1) is 8.44. The largest absolute Gasteiger partial charge is 0.359 e. The molecule has 0 atom stereocenters. The standard InChI is InChI=1S/C11H14N2O3S2/c1-4-9-8(3)11(12-16-9)13-18(14,15)10-6-5-7(2)17-10/h5-6H,4H2,1-3H3,(H,12,13). The van der Waals surface area contributed by atoms with Crippen LogP contribution >= 0.6 is 11.3 Å². The van der Waals surface area contributed by atoms with Crippen LogP contribution < -0.4 is 4.72 Å². The number of sulfonamides is 1. The minimum Gasteiger partial charge on any atom is -0.359 e. The van der Waals surface area contributed by atoms with Crippen molar-refractivity contribution in [2.24, 2.45) is 0 Å². The number of rotatable bonds is 4. The Labute approximate surface area is 110 Å². The maximum absolute atomic E-state index is 12.1. The van der Waals surface area contributed by atoms with E-state index in [0.717, 1.165) is 10.4 Å². The van der Waals surface area contributed by atoms with Crippen LogP contribution in [0.1, 0.15) is 23.1 Å². The van der Waals surface area contributed by atoms with E-state index < -0.39 is 10.0 Å². The van der Waals surface area contributed by atoms with Crippen LogP contribution in [0.5, 0.6) is 0 Å². The molecule has 0 saturated heterocycles. The number of anilines is 1. The molecule has 7 heteroatoms. The normalized spacial score (nSPS) is 11.7. The SMILES string of the molecule is CCc1onc(NS(=O)(=O)c2ccc(C)s2)c1C. The second-order valence-electron chi connectivity index (χ2n) is 3.90. The van der Waals surface area contributed by atoms with Gasteiger partial charge in [0.1, 0.15) is 9.97 Å². The number of nitrogens with zero attached hydrogens (tertiary/aromatic N) is 1. The van der Waals surface area contributed by atoms with E-state index in [4.69, 9.17) is 4.52 Å². The lowest BCUT2D eigenvalue weighted by Crippen LogP contribution is -2.12. The summed E-state index contributed by atoms with van der Waals surface area (Å²) in [5.41, 5.74) is 0.731. The summed E-state index contributed by atoms with van der Waals surface area (Å²) in [6.07, 6.45) is 0.679. The van der Waals surface area contributed by atoms with Gasteiger partial charge in [-0.25, -0.2) is 8.42 Å². The average Bonchev–Trinajstić information content (AvgIpc) is 2.87. The molecule has 0 saturated carbocycles. The third-order valence-corrected chi connectivity index (χ3v) is 5.38. The summed E-state index contributed by atoms with van der Waals surface area (Å²) in [6.45, 7) is 5.57. The second-order valence-corrected chi connectivity index (χ2v) is 7.10. The smallest absolute Gasteiger partial charge is 0.272 e. The topological polar surface area (TPSA) is 72.2 Å². The molecule has 5 nitrogen and oxygen atoms in total. The van der Waals surface area contributed by atoms with E-state index in [1.165, 1.54) is 11.3 Å². The maximum atomic E-state index is 12.1. The van der Waals surface area contributed by atoms with Crippen LogP contribution in [0, 0.1) is 13.8 Å². The minimum atomic E-state index is -3.56. The highest BCUT2D eigenvalue weighted by molar-refractivity contribution is 7.94. The van der Waals surface area contributed by atoms with Gasteiger partial charge in [-0.2, -0.15) is 0 Å². The van der Waals surface area contributed by atoms with Crippen molar-refractivity contribution >= 4 is 27.2 Å². The van der Waals surface area contributed by atoms with E-state index in [1.54, 1.807) is 19.1 Å². The molecule has 0 amide bonds. The molecule has 18 heavy (non-hydrogen) atoms. The van der Waals surface area contributed by atoms with Gasteiger partial charge in [0.25, 0.3) is 10.0 Å². The van der Waals surface area contributed by atoms with Crippen LogP contribution in [0.25, 0.3) is 0 Å². The minimum absolute atomic E-state index is 0.262. The van der Waals surface area contributed by atoms with Gasteiger partial charge in [0.15, 0.2) is 5.82 Å². The van der Waals surface area contributed by atoms with Crippen LogP contribution in [-0.4, -0.2) is 13.6 Å². The van der Waals surface area contributed by atoms with Crippen molar-refractivity contribution in [3.05, 3.63) is 28.3 Å². The van der Waals surface area contributed by atoms with Gasteiger partial charge in [-0.1, -0.05) is 12.1 Å². The molecule has 0 radical (unpaired) electrons. The van der Waals surface area contributed by atoms with Crippen LogP contribution in [0.3, 0.4) is 0 Å². The van der Waals surface area contributed by atoms with Gasteiger partial charge in [0, 0.05) is 16.9 Å². The Morgan fingerprint density at radius 1 is 1.39 bits per heavy atom. The molecule has 2 aromatic heterocycles. The summed E-state index contributed by atoms with van der Waals surface area (Å²) in [4.78, 5) is 0.946. The number of hydrogen-bond donors (Lipinski definition) is 1. The van der Waals surface area contributed by atoms with E-state index in [1.807, 2.05) is 13.8 Å². The van der Waals surface area contributed by atoms with Gasteiger partial charge in [0.2, 0.25) is 0 Å². The summed E-state index contributed by atoms with van der Waals surface area (Å²) in [7, 11) is -3.56. The Morgan fingerprint density at radius 3 is 2.61 bits per heavy atom. The van der Waals surface area contributed by atoms with Crippen LogP contribution in [0.4, 0.5) is 5.82 Å². The molecular formula is C11H14N2O3S2. The Hall–Kier alpha value is -1.34. The molecule has 0 unspecified atom stereocenters. The van der Waals surface area contributed by atoms with Crippen molar-refractivity contribution in [1.82, 2.24) is 5.16 Å². The molecule has 0 aliphatic rings. The van der Waals surface area contributed by atoms with E-state index in [0.29, 0.717) is 12.2 Å². The third kappa shape index (κ3) is 2.41. The number of aryl methyl sites for hydroxylation is 2. The Balaban J connectivity index is 2.30. The first-order valence-corrected chi connectivity index (χ1v) is 7.78. The molecular weight excluding hydrogens is 272 g/mol. The Morgan fingerprint density at radius 2 is 2.11 bits per heavy atom. The van der Waals surface area contributed by atoms with E-state index in [9.17, 15) is 8.42 Å².